The standard InChI is InChI=1S/C19H22FN3O2/c20-16-6-2-1-5-15(16)13-22-19(24)14-21-17-7-3-4-8-18(17)23-9-11-25-12-10-23/h1-8,21H,9-14H2,(H,22,24). The summed E-state index contributed by atoms with van der Waals surface area (Å²) in [7, 11) is 0. The molecule has 5 nitrogen and oxygen atoms in total. The largest absolute Gasteiger partial charge is 0.378 e. The van der Waals surface area contributed by atoms with Gasteiger partial charge in [0, 0.05) is 25.2 Å². The zero-order valence-electron chi connectivity index (χ0n) is 14.0. The van der Waals surface area contributed by atoms with Crippen LogP contribution >= 0.6 is 0 Å². The molecule has 0 atom stereocenters. The van der Waals surface area contributed by atoms with Crippen molar-refractivity contribution in [1.29, 1.82) is 0 Å². The Morgan fingerprint density at radius 2 is 1.80 bits per heavy atom. The third-order valence-corrected chi connectivity index (χ3v) is 4.13. The summed E-state index contributed by atoms with van der Waals surface area (Å²) in [6.45, 7) is 3.39. The number of rotatable bonds is 6. The lowest BCUT2D eigenvalue weighted by atomic mass is 10.2. The number of amides is 1. The molecule has 0 radical (unpaired) electrons. The molecule has 0 bridgehead atoms. The van der Waals surface area contributed by atoms with Gasteiger partial charge < -0.3 is 20.3 Å². The van der Waals surface area contributed by atoms with Crippen molar-refractivity contribution in [2.75, 3.05) is 43.1 Å². The summed E-state index contributed by atoms with van der Waals surface area (Å²) in [5.74, 6) is -0.492. The lowest BCUT2D eigenvalue weighted by Gasteiger charge is -2.30. The van der Waals surface area contributed by atoms with Crippen molar-refractivity contribution in [3.05, 3.63) is 59.9 Å². The molecule has 0 spiro atoms. The van der Waals surface area contributed by atoms with Crippen molar-refractivity contribution >= 4 is 17.3 Å². The van der Waals surface area contributed by atoms with Crippen molar-refractivity contribution in [1.82, 2.24) is 5.32 Å². The number of hydrogen-bond donors (Lipinski definition) is 2. The molecule has 1 aliphatic rings. The van der Waals surface area contributed by atoms with Crippen LogP contribution in [0.3, 0.4) is 0 Å². The highest BCUT2D eigenvalue weighted by Gasteiger charge is 2.14. The van der Waals surface area contributed by atoms with Gasteiger partial charge in [-0.2, -0.15) is 0 Å². The van der Waals surface area contributed by atoms with Crippen molar-refractivity contribution in [2.45, 2.75) is 6.54 Å². The molecule has 132 valence electrons. The highest BCUT2D eigenvalue weighted by atomic mass is 19.1. The SMILES string of the molecule is O=C(CNc1ccccc1N1CCOCC1)NCc1ccccc1F. The Morgan fingerprint density at radius 1 is 1.08 bits per heavy atom. The number of benzene rings is 2. The molecule has 2 N–H and O–H groups in total. The zero-order valence-corrected chi connectivity index (χ0v) is 14.0. The summed E-state index contributed by atoms with van der Waals surface area (Å²) < 4.78 is 19.0. The number of nitrogens with zero attached hydrogens (tertiary/aromatic N) is 1. The van der Waals surface area contributed by atoms with E-state index in [1.165, 1.54) is 6.07 Å². The molecule has 0 saturated carbocycles. The number of morpholine rings is 1. The zero-order chi connectivity index (χ0) is 17.5. The minimum absolute atomic E-state index is 0.135. The van der Waals surface area contributed by atoms with E-state index < -0.39 is 0 Å². The molecule has 0 aliphatic carbocycles. The molecule has 2 aromatic carbocycles. The first kappa shape index (κ1) is 17.2. The van der Waals surface area contributed by atoms with Crippen LogP contribution < -0.4 is 15.5 Å². The highest BCUT2D eigenvalue weighted by Crippen LogP contribution is 2.26. The highest BCUT2D eigenvalue weighted by molar-refractivity contribution is 5.82. The molecule has 25 heavy (non-hydrogen) atoms. The monoisotopic (exact) mass is 343 g/mol. The number of nitrogens with one attached hydrogen (secondary N) is 2. The van der Waals surface area contributed by atoms with Crippen LogP contribution in [0.5, 0.6) is 0 Å². The van der Waals surface area contributed by atoms with E-state index in [0.717, 1.165) is 24.5 Å². The van der Waals surface area contributed by atoms with Crippen LogP contribution in [0.1, 0.15) is 5.56 Å². The quantitative estimate of drug-likeness (QED) is 0.846. The van der Waals surface area contributed by atoms with Crippen LogP contribution in [-0.2, 0) is 16.1 Å². The molecule has 1 heterocycles. The van der Waals surface area contributed by atoms with E-state index in [4.69, 9.17) is 4.74 Å². The summed E-state index contributed by atoms with van der Waals surface area (Å²) in [6.07, 6.45) is 0. The van der Waals surface area contributed by atoms with Gasteiger partial charge in [0.05, 0.1) is 31.1 Å². The number of hydrogen-bond acceptors (Lipinski definition) is 4. The first-order valence-electron chi connectivity index (χ1n) is 8.40. The van der Waals surface area contributed by atoms with Gasteiger partial charge in [-0.25, -0.2) is 4.39 Å². The van der Waals surface area contributed by atoms with Crippen molar-refractivity contribution in [3.63, 3.8) is 0 Å². The third-order valence-electron chi connectivity index (χ3n) is 4.13. The smallest absolute Gasteiger partial charge is 0.239 e. The summed E-state index contributed by atoms with van der Waals surface area (Å²) in [5.41, 5.74) is 2.45. The second kappa shape index (κ2) is 8.48. The molecule has 1 aliphatic heterocycles. The van der Waals surface area contributed by atoms with Crippen molar-refractivity contribution in [2.24, 2.45) is 0 Å². The van der Waals surface area contributed by atoms with E-state index >= 15 is 0 Å². The Kier molecular flexibility index (Phi) is 5.85. The first-order chi connectivity index (χ1) is 12.2. The fourth-order valence-electron chi connectivity index (χ4n) is 2.78. The Balaban J connectivity index is 1.54. The summed E-state index contributed by atoms with van der Waals surface area (Å²) >= 11 is 0. The first-order valence-corrected chi connectivity index (χ1v) is 8.40. The Bertz CT molecular complexity index is 717. The molecule has 1 saturated heterocycles. The average Bonchev–Trinajstić information content (AvgIpc) is 2.66. The predicted octanol–water partition coefficient (Wildman–Crippen LogP) is 2.39. The third kappa shape index (κ3) is 4.70. The number of ether oxygens (including phenoxy) is 1. The Hall–Kier alpha value is -2.60. The van der Waals surface area contributed by atoms with Crippen molar-refractivity contribution in [3.8, 4) is 0 Å². The van der Waals surface area contributed by atoms with E-state index in [-0.39, 0.29) is 24.8 Å². The van der Waals surface area contributed by atoms with Crippen LogP contribution in [0, 0.1) is 5.82 Å². The second-order valence-corrected chi connectivity index (χ2v) is 5.84. The molecular formula is C19H22FN3O2. The lowest BCUT2D eigenvalue weighted by molar-refractivity contribution is -0.119. The van der Waals surface area contributed by atoms with E-state index in [0.29, 0.717) is 18.8 Å². The van der Waals surface area contributed by atoms with Gasteiger partial charge in [0.15, 0.2) is 0 Å². The number of carbonyl (C=O) groups excluding carboxylic acids is 1. The number of anilines is 2. The molecule has 1 amide bonds. The van der Waals surface area contributed by atoms with Gasteiger partial charge in [0.25, 0.3) is 0 Å². The maximum Gasteiger partial charge on any atom is 0.239 e. The van der Waals surface area contributed by atoms with Gasteiger partial charge in [0.2, 0.25) is 5.91 Å². The normalized spacial score (nSPS) is 14.2. The molecular weight excluding hydrogens is 321 g/mol. The summed E-state index contributed by atoms with van der Waals surface area (Å²) in [4.78, 5) is 14.3. The number of para-hydroxylation sites is 2. The van der Waals surface area contributed by atoms with E-state index in [2.05, 4.69) is 15.5 Å². The predicted molar refractivity (Wildman–Crippen MR) is 96.2 cm³/mol. The lowest BCUT2D eigenvalue weighted by Crippen LogP contribution is -2.37. The maximum atomic E-state index is 13.6. The minimum Gasteiger partial charge on any atom is -0.378 e. The Morgan fingerprint density at radius 3 is 2.60 bits per heavy atom. The fraction of sp³-hybridized carbons (Fsp3) is 0.316. The van der Waals surface area contributed by atoms with E-state index in [9.17, 15) is 9.18 Å². The maximum absolute atomic E-state index is 13.6. The minimum atomic E-state index is -0.312. The summed E-state index contributed by atoms with van der Waals surface area (Å²) in [6, 6.07) is 14.3. The molecule has 3 rings (SSSR count). The van der Waals surface area contributed by atoms with Gasteiger partial charge in [-0.05, 0) is 18.2 Å². The molecule has 6 heteroatoms. The molecule has 0 aromatic heterocycles. The van der Waals surface area contributed by atoms with Crippen molar-refractivity contribution < 1.29 is 13.9 Å². The van der Waals surface area contributed by atoms with Gasteiger partial charge >= 0.3 is 0 Å². The Labute approximate surface area is 146 Å². The van der Waals surface area contributed by atoms with Gasteiger partial charge in [0.1, 0.15) is 5.82 Å². The van der Waals surface area contributed by atoms with Crippen LogP contribution in [0.4, 0.5) is 15.8 Å². The molecule has 0 unspecified atom stereocenters. The average molecular weight is 343 g/mol. The number of carbonyl (C=O) groups is 1. The molecule has 2 aromatic rings. The second-order valence-electron chi connectivity index (χ2n) is 5.84. The van der Waals surface area contributed by atoms with Gasteiger partial charge in [-0.3, -0.25) is 4.79 Å². The van der Waals surface area contributed by atoms with Gasteiger partial charge in [-0.1, -0.05) is 30.3 Å². The van der Waals surface area contributed by atoms with E-state index in [1.807, 2.05) is 24.3 Å². The van der Waals surface area contributed by atoms with Crippen LogP contribution in [0.2, 0.25) is 0 Å². The van der Waals surface area contributed by atoms with Crippen LogP contribution in [0.15, 0.2) is 48.5 Å². The number of halogens is 1. The van der Waals surface area contributed by atoms with Gasteiger partial charge in [-0.15, -0.1) is 0 Å². The van der Waals surface area contributed by atoms with Crippen LogP contribution in [-0.4, -0.2) is 38.8 Å². The topological polar surface area (TPSA) is 53.6 Å². The van der Waals surface area contributed by atoms with E-state index in [1.54, 1.807) is 18.2 Å². The summed E-state index contributed by atoms with van der Waals surface area (Å²) in [5, 5.41) is 5.91. The van der Waals surface area contributed by atoms with Crippen LogP contribution in [0.25, 0.3) is 0 Å². The molecule has 1 fully saturated rings. The fourth-order valence-corrected chi connectivity index (χ4v) is 2.78.